The molecule has 0 atom stereocenters. The lowest BCUT2D eigenvalue weighted by Crippen LogP contribution is -2.36. The Balaban J connectivity index is 2.06. The van der Waals surface area contributed by atoms with E-state index in [0.29, 0.717) is 16.0 Å². The second kappa shape index (κ2) is 4.52. The zero-order chi connectivity index (χ0) is 12.5. The minimum absolute atomic E-state index is 0.226. The minimum atomic E-state index is -0.516. The molecule has 5 nitrogen and oxygen atoms in total. The zero-order valence-corrected chi connectivity index (χ0v) is 10.8. The number of nitrogens with one attached hydrogen (secondary N) is 1. The van der Waals surface area contributed by atoms with E-state index in [1.165, 1.54) is 30.8 Å². The van der Waals surface area contributed by atoms with Gasteiger partial charge in [-0.3, -0.25) is 4.79 Å². The van der Waals surface area contributed by atoms with Crippen molar-refractivity contribution in [1.29, 1.82) is 0 Å². The van der Waals surface area contributed by atoms with Crippen molar-refractivity contribution in [3.63, 3.8) is 0 Å². The maximum Gasteiger partial charge on any atom is 0.255 e. The number of hydrogen-bond donors (Lipinski definition) is 3. The lowest BCUT2D eigenvalue weighted by atomic mass is 9.67. The average molecular weight is 254 g/mol. The van der Waals surface area contributed by atoms with Crippen molar-refractivity contribution in [2.45, 2.75) is 32.6 Å². The van der Waals surface area contributed by atoms with Crippen LogP contribution in [0.4, 0.5) is 10.8 Å². The Morgan fingerprint density at radius 3 is 2.76 bits per heavy atom. The Hall–Kier alpha value is -1.30. The molecule has 1 fully saturated rings. The highest BCUT2D eigenvalue weighted by Crippen LogP contribution is 2.44. The van der Waals surface area contributed by atoms with Crippen LogP contribution < -0.4 is 16.8 Å². The lowest BCUT2D eigenvalue weighted by molar-refractivity contribution is 0.100. The molecule has 1 aromatic heterocycles. The molecular weight excluding hydrogens is 236 g/mol. The number of amides is 1. The maximum atomic E-state index is 11.3. The van der Waals surface area contributed by atoms with Gasteiger partial charge in [-0.25, -0.2) is 0 Å². The van der Waals surface area contributed by atoms with Crippen LogP contribution in [0.5, 0.6) is 0 Å². The van der Waals surface area contributed by atoms with Gasteiger partial charge in [-0.1, -0.05) is 13.3 Å². The van der Waals surface area contributed by atoms with Crippen LogP contribution in [0.2, 0.25) is 0 Å². The SMILES string of the molecule is CCC1(CNc2snc(N)c2C(N)=O)CCC1. The van der Waals surface area contributed by atoms with E-state index in [-0.39, 0.29) is 5.82 Å². The molecule has 0 bridgehead atoms. The van der Waals surface area contributed by atoms with Crippen LogP contribution in [-0.4, -0.2) is 16.8 Å². The topological polar surface area (TPSA) is 94.0 Å². The quantitative estimate of drug-likeness (QED) is 0.747. The maximum absolute atomic E-state index is 11.3. The van der Waals surface area contributed by atoms with Gasteiger partial charge < -0.3 is 16.8 Å². The number of nitrogens with zero attached hydrogens (tertiary/aromatic N) is 1. The van der Waals surface area contributed by atoms with Crippen LogP contribution in [0.1, 0.15) is 43.0 Å². The van der Waals surface area contributed by atoms with Gasteiger partial charge in [-0.05, 0) is 36.2 Å². The largest absolute Gasteiger partial charge is 0.382 e. The van der Waals surface area contributed by atoms with Gasteiger partial charge in [-0.15, -0.1) is 0 Å². The first-order valence-electron chi connectivity index (χ1n) is 5.87. The van der Waals surface area contributed by atoms with Crippen molar-refractivity contribution in [2.75, 3.05) is 17.6 Å². The molecule has 0 radical (unpaired) electrons. The molecule has 6 heteroatoms. The summed E-state index contributed by atoms with van der Waals surface area (Å²) in [5.74, 6) is -0.290. The number of rotatable bonds is 5. The number of nitrogen functional groups attached to an aromatic ring is 1. The number of primary amides is 1. The van der Waals surface area contributed by atoms with Crippen molar-refractivity contribution in [2.24, 2.45) is 11.1 Å². The number of anilines is 2. The fourth-order valence-corrected chi connectivity index (χ4v) is 2.98. The molecular formula is C11H18N4OS. The Labute approximate surface area is 105 Å². The molecule has 1 heterocycles. The minimum Gasteiger partial charge on any atom is -0.382 e. The summed E-state index contributed by atoms with van der Waals surface area (Å²) in [6.45, 7) is 3.07. The van der Waals surface area contributed by atoms with E-state index >= 15 is 0 Å². The number of hydrogen-bond acceptors (Lipinski definition) is 5. The Bertz CT molecular complexity index is 420. The molecule has 0 spiro atoms. The molecule has 0 aliphatic heterocycles. The fourth-order valence-electron chi connectivity index (χ4n) is 2.26. The third-order valence-electron chi connectivity index (χ3n) is 3.75. The van der Waals surface area contributed by atoms with Gasteiger partial charge >= 0.3 is 0 Å². The molecule has 1 aliphatic rings. The highest BCUT2D eigenvalue weighted by atomic mass is 32.1. The summed E-state index contributed by atoms with van der Waals surface area (Å²) in [6, 6.07) is 0. The van der Waals surface area contributed by atoms with E-state index in [4.69, 9.17) is 11.5 Å². The first kappa shape index (κ1) is 12.2. The van der Waals surface area contributed by atoms with Gasteiger partial charge in [0.05, 0.1) is 0 Å². The van der Waals surface area contributed by atoms with Crippen molar-refractivity contribution in [1.82, 2.24) is 4.37 Å². The van der Waals surface area contributed by atoms with E-state index < -0.39 is 5.91 Å². The van der Waals surface area contributed by atoms with Crippen LogP contribution in [0.15, 0.2) is 0 Å². The summed E-state index contributed by atoms with van der Waals surface area (Å²) >= 11 is 1.20. The molecule has 17 heavy (non-hydrogen) atoms. The van der Waals surface area contributed by atoms with Gasteiger partial charge in [0.1, 0.15) is 10.6 Å². The first-order valence-corrected chi connectivity index (χ1v) is 6.64. The van der Waals surface area contributed by atoms with Crippen molar-refractivity contribution < 1.29 is 4.79 Å². The average Bonchev–Trinajstić information content (AvgIpc) is 2.59. The predicted molar refractivity (Wildman–Crippen MR) is 70.1 cm³/mol. The van der Waals surface area contributed by atoms with Crippen LogP contribution in [0, 0.1) is 5.41 Å². The first-order chi connectivity index (χ1) is 8.08. The third-order valence-corrected chi connectivity index (χ3v) is 4.57. The van der Waals surface area contributed by atoms with Gasteiger partial charge in [0.15, 0.2) is 5.82 Å². The van der Waals surface area contributed by atoms with Gasteiger partial charge in [0, 0.05) is 6.54 Å². The summed E-state index contributed by atoms with van der Waals surface area (Å²) in [7, 11) is 0. The molecule has 2 rings (SSSR count). The van der Waals surface area contributed by atoms with E-state index in [2.05, 4.69) is 16.6 Å². The Kier molecular flexibility index (Phi) is 3.24. The molecule has 0 saturated heterocycles. The summed E-state index contributed by atoms with van der Waals surface area (Å²) in [6.07, 6.45) is 4.94. The number of carbonyl (C=O) groups excluding carboxylic acids is 1. The van der Waals surface area contributed by atoms with Crippen LogP contribution >= 0.6 is 11.5 Å². The molecule has 0 aromatic carbocycles. The summed E-state index contributed by atoms with van der Waals surface area (Å²) in [5, 5.41) is 3.99. The zero-order valence-electron chi connectivity index (χ0n) is 9.95. The number of carbonyl (C=O) groups is 1. The van der Waals surface area contributed by atoms with Crippen molar-refractivity contribution in [3.05, 3.63) is 5.56 Å². The van der Waals surface area contributed by atoms with E-state index in [9.17, 15) is 4.79 Å². The highest BCUT2D eigenvalue weighted by Gasteiger charge is 2.35. The van der Waals surface area contributed by atoms with Crippen LogP contribution in [-0.2, 0) is 0 Å². The summed E-state index contributed by atoms with van der Waals surface area (Å²) in [5.41, 5.74) is 11.6. The Morgan fingerprint density at radius 1 is 1.59 bits per heavy atom. The number of nitrogens with two attached hydrogens (primary N) is 2. The smallest absolute Gasteiger partial charge is 0.255 e. The second-order valence-electron chi connectivity index (χ2n) is 4.70. The molecule has 0 unspecified atom stereocenters. The molecule has 94 valence electrons. The van der Waals surface area contributed by atoms with Crippen LogP contribution in [0.3, 0.4) is 0 Å². The summed E-state index contributed by atoms with van der Waals surface area (Å²) in [4.78, 5) is 11.3. The monoisotopic (exact) mass is 254 g/mol. The number of aromatic nitrogens is 1. The van der Waals surface area contributed by atoms with Crippen molar-refractivity contribution in [3.8, 4) is 0 Å². The van der Waals surface area contributed by atoms with Crippen molar-refractivity contribution >= 4 is 28.3 Å². The standard InChI is InChI=1S/C11H18N4OS/c1-2-11(4-3-5-11)6-14-10-7(9(13)16)8(12)15-17-10/h14H,2-6H2,1H3,(H2,12,15)(H2,13,16). The molecule has 1 saturated carbocycles. The predicted octanol–water partition coefficient (Wildman–Crippen LogP) is 1.82. The lowest BCUT2D eigenvalue weighted by Gasteiger charge is -2.41. The van der Waals surface area contributed by atoms with Gasteiger partial charge in [0.25, 0.3) is 5.91 Å². The normalized spacial score (nSPS) is 17.5. The molecule has 1 aliphatic carbocycles. The van der Waals surface area contributed by atoms with E-state index in [1.807, 2.05) is 0 Å². The van der Waals surface area contributed by atoms with Gasteiger partial charge in [0.2, 0.25) is 0 Å². The summed E-state index contributed by atoms with van der Waals surface area (Å²) < 4.78 is 3.96. The molecule has 1 aromatic rings. The second-order valence-corrected chi connectivity index (χ2v) is 5.47. The fraction of sp³-hybridized carbons (Fsp3) is 0.636. The van der Waals surface area contributed by atoms with Gasteiger partial charge in [-0.2, -0.15) is 4.37 Å². The molecule has 5 N–H and O–H groups in total. The van der Waals surface area contributed by atoms with E-state index in [0.717, 1.165) is 13.0 Å². The highest BCUT2D eigenvalue weighted by molar-refractivity contribution is 7.11. The third kappa shape index (κ3) is 2.22. The van der Waals surface area contributed by atoms with Crippen LogP contribution in [0.25, 0.3) is 0 Å². The van der Waals surface area contributed by atoms with E-state index in [1.54, 1.807) is 0 Å². The molecule has 1 amide bonds. The Morgan fingerprint density at radius 2 is 2.29 bits per heavy atom.